The fourth-order valence-electron chi connectivity index (χ4n) is 2.83. The van der Waals surface area contributed by atoms with Crippen molar-refractivity contribution in [2.24, 2.45) is 17.3 Å². The molecule has 0 radical (unpaired) electrons. The van der Waals surface area contributed by atoms with Gasteiger partial charge in [0.2, 0.25) is 0 Å². The second kappa shape index (κ2) is 3.41. The average Bonchev–Trinajstić information content (AvgIpc) is 2.98. The first-order valence-corrected chi connectivity index (χ1v) is 5.35. The third kappa shape index (κ3) is 1.52. The Morgan fingerprint density at radius 1 is 1.46 bits per heavy atom. The van der Waals surface area contributed by atoms with Crippen molar-refractivity contribution >= 4 is 6.29 Å². The molecular weight excluding hydrogens is 164 g/mol. The molecule has 0 aromatic heterocycles. The molecule has 1 aliphatic carbocycles. The van der Waals surface area contributed by atoms with Crippen LogP contribution in [0.15, 0.2) is 0 Å². The molecule has 0 spiro atoms. The maximum absolute atomic E-state index is 10.6. The molecular formula is C11H18O2. The molecule has 2 aliphatic rings. The molecule has 0 unspecified atom stereocenters. The van der Waals surface area contributed by atoms with Crippen molar-refractivity contribution in [1.82, 2.24) is 0 Å². The largest absolute Gasteiger partial charge is 0.381 e. The highest BCUT2D eigenvalue weighted by molar-refractivity contribution is 5.58. The molecule has 0 N–H and O–H groups in total. The van der Waals surface area contributed by atoms with Crippen LogP contribution in [0.25, 0.3) is 0 Å². The summed E-state index contributed by atoms with van der Waals surface area (Å²) in [4.78, 5) is 10.6. The van der Waals surface area contributed by atoms with Gasteiger partial charge in [-0.2, -0.15) is 0 Å². The van der Waals surface area contributed by atoms with E-state index in [-0.39, 0.29) is 0 Å². The van der Waals surface area contributed by atoms with Crippen LogP contribution in [0.5, 0.6) is 0 Å². The molecule has 2 atom stereocenters. The van der Waals surface area contributed by atoms with Crippen molar-refractivity contribution in [1.29, 1.82) is 0 Å². The zero-order valence-electron chi connectivity index (χ0n) is 8.29. The summed E-state index contributed by atoms with van der Waals surface area (Å²) in [5, 5.41) is 0. The van der Waals surface area contributed by atoms with Crippen LogP contribution in [0.2, 0.25) is 0 Å². The third-order valence-electron chi connectivity index (χ3n) is 3.99. The van der Waals surface area contributed by atoms with Gasteiger partial charge >= 0.3 is 0 Å². The van der Waals surface area contributed by atoms with E-state index in [9.17, 15) is 4.79 Å². The summed E-state index contributed by atoms with van der Waals surface area (Å²) in [5.41, 5.74) is 0.448. The minimum Gasteiger partial charge on any atom is -0.381 e. The Labute approximate surface area is 79.7 Å². The number of rotatable bonds is 3. The normalized spacial score (nSPS) is 37.0. The van der Waals surface area contributed by atoms with Crippen molar-refractivity contribution in [3.63, 3.8) is 0 Å². The molecule has 0 aromatic rings. The van der Waals surface area contributed by atoms with Gasteiger partial charge in [0.1, 0.15) is 6.29 Å². The zero-order chi connectivity index (χ0) is 9.31. The predicted octanol–water partition coefficient (Wildman–Crippen LogP) is 2.03. The van der Waals surface area contributed by atoms with Crippen molar-refractivity contribution in [3.05, 3.63) is 0 Å². The highest BCUT2D eigenvalue weighted by Gasteiger charge is 2.51. The van der Waals surface area contributed by atoms with E-state index in [1.165, 1.54) is 19.3 Å². The van der Waals surface area contributed by atoms with Crippen LogP contribution in [0, 0.1) is 17.3 Å². The maximum atomic E-state index is 10.6. The highest BCUT2D eigenvalue weighted by Crippen LogP contribution is 2.56. The van der Waals surface area contributed by atoms with Crippen LogP contribution in [-0.2, 0) is 9.53 Å². The van der Waals surface area contributed by atoms with Crippen LogP contribution in [0.1, 0.15) is 32.6 Å². The molecule has 1 saturated heterocycles. The number of carbonyl (C=O) groups excluding carboxylic acids is 1. The smallest absolute Gasteiger partial charge is 0.123 e. The number of hydrogen-bond donors (Lipinski definition) is 0. The Kier molecular flexibility index (Phi) is 2.41. The van der Waals surface area contributed by atoms with Gasteiger partial charge in [-0.1, -0.05) is 13.3 Å². The second-order valence-corrected chi connectivity index (χ2v) is 4.47. The number of hydrogen-bond acceptors (Lipinski definition) is 2. The molecule has 1 heterocycles. The molecule has 0 bridgehead atoms. The molecule has 1 aliphatic heterocycles. The Morgan fingerprint density at radius 3 is 2.62 bits per heavy atom. The summed E-state index contributed by atoms with van der Waals surface area (Å²) in [7, 11) is 0. The van der Waals surface area contributed by atoms with E-state index in [2.05, 4.69) is 6.92 Å². The minimum absolute atomic E-state index is 0.373. The first-order chi connectivity index (χ1) is 6.32. The Balaban J connectivity index is 2.02. The highest BCUT2D eigenvalue weighted by atomic mass is 16.5. The maximum Gasteiger partial charge on any atom is 0.123 e. The fourth-order valence-corrected chi connectivity index (χ4v) is 2.83. The Bertz CT molecular complexity index is 194. The van der Waals surface area contributed by atoms with Gasteiger partial charge in [0, 0.05) is 19.1 Å². The molecule has 2 nitrogen and oxygen atoms in total. The van der Waals surface area contributed by atoms with Gasteiger partial charge in [0.05, 0.1) is 0 Å². The summed E-state index contributed by atoms with van der Waals surface area (Å²) in [6.45, 7) is 4.05. The summed E-state index contributed by atoms with van der Waals surface area (Å²) in [6.07, 6.45) is 5.83. The van der Waals surface area contributed by atoms with Crippen LogP contribution in [-0.4, -0.2) is 19.5 Å². The number of ether oxygens (including phenoxy) is 1. The summed E-state index contributed by atoms with van der Waals surface area (Å²) in [5.74, 6) is 1.05. The van der Waals surface area contributed by atoms with E-state index < -0.39 is 0 Å². The van der Waals surface area contributed by atoms with Crippen LogP contribution >= 0.6 is 0 Å². The topological polar surface area (TPSA) is 26.3 Å². The average molecular weight is 182 g/mol. The second-order valence-electron chi connectivity index (χ2n) is 4.47. The molecule has 13 heavy (non-hydrogen) atoms. The molecule has 2 fully saturated rings. The molecule has 0 amide bonds. The van der Waals surface area contributed by atoms with E-state index in [0.29, 0.717) is 17.3 Å². The minimum atomic E-state index is 0.373. The molecule has 0 aromatic carbocycles. The Morgan fingerprint density at radius 2 is 2.15 bits per heavy atom. The van der Waals surface area contributed by atoms with E-state index in [4.69, 9.17) is 4.74 Å². The van der Waals surface area contributed by atoms with E-state index in [1.807, 2.05) is 0 Å². The lowest BCUT2D eigenvalue weighted by Gasteiger charge is -2.37. The molecule has 2 heteroatoms. The van der Waals surface area contributed by atoms with Crippen LogP contribution < -0.4 is 0 Å². The van der Waals surface area contributed by atoms with Gasteiger partial charge in [-0.05, 0) is 30.6 Å². The quantitative estimate of drug-likeness (QED) is 0.624. The fraction of sp³-hybridized carbons (Fsp3) is 0.909. The van der Waals surface area contributed by atoms with Gasteiger partial charge in [-0.25, -0.2) is 0 Å². The van der Waals surface area contributed by atoms with Crippen molar-refractivity contribution < 1.29 is 9.53 Å². The lowest BCUT2D eigenvalue weighted by molar-refractivity contribution is -0.109. The number of aldehydes is 1. The van der Waals surface area contributed by atoms with Crippen molar-refractivity contribution in [2.45, 2.75) is 32.6 Å². The summed E-state index contributed by atoms with van der Waals surface area (Å²) < 4.78 is 5.39. The summed E-state index contributed by atoms with van der Waals surface area (Å²) in [6, 6.07) is 0. The van der Waals surface area contributed by atoms with Gasteiger partial charge in [0.15, 0.2) is 0 Å². The SMILES string of the molecule is CCC1([C@@H]2C[C@H]2C=O)CCOCC1. The van der Waals surface area contributed by atoms with E-state index in [0.717, 1.165) is 25.9 Å². The van der Waals surface area contributed by atoms with Gasteiger partial charge in [0.25, 0.3) is 0 Å². The lowest BCUT2D eigenvalue weighted by Crippen LogP contribution is -2.31. The van der Waals surface area contributed by atoms with Crippen LogP contribution in [0.3, 0.4) is 0 Å². The molecule has 74 valence electrons. The van der Waals surface area contributed by atoms with E-state index in [1.54, 1.807) is 0 Å². The predicted molar refractivity (Wildman–Crippen MR) is 50.4 cm³/mol. The molecule has 2 rings (SSSR count). The van der Waals surface area contributed by atoms with E-state index >= 15 is 0 Å². The van der Waals surface area contributed by atoms with Gasteiger partial charge in [-0.3, -0.25) is 0 Å². The van der Waals surface area contributed by atoms with Gasteiger partial charge < -0.3 is 9.53 Å². The van der Waals surface area contributed by atoms with Crippen molar-refractivity contribution in [2.75, 3.05) is 13.2 Å². The first-order valence-electron chi connectivity index (χ1n) is 5.35. The Hall–Kier alpha value is -0.370. The third-order valence-corrected chi connectivity index (χ3v) is 3.99. The summed E-state index contributed by atoms with van der Waals surface area (Å²) >= 11 is 0. The van der Waals surface area contributed by atoms with Crippen LogP contribution in [0.4, 0.5) is 0 Å². The molecule has 1 saturated carbocycles. The zero-order valence-corrected chi connectivity index (χ0v) is 8.29. The van der Waals surface area contributed by atoms with Gasteiger partial charge in [-0.15, -0.1) is 0 Å². The number of carbonyl (C=O) groups is 1. The standard InChI is InChI=1S/C11H18O2/c1-2-11(3-5-13-6-4-11)10-7-9(10)8-12/h8-10H,2-7H2,1H3/t9-,10+/m0/s1. The monoisotopic (exact) mass is 182 g/mol. The first kappa shape index (κ1) is 9.20. The lowest BCUT2D eigenvalue weighted by atomic mass is 9.73. The van der Waals surface area contributed by atoms with Crippen molar-refractivity contribution in [3.8, 4) is 0 Å².